The van der Waals surface area contributed by atoms with Gasteiger partial charge in [-0.05, 0) is 26.2 Å². The molecule has 0 atom stereocenters. The maximum atomic E-state index is 8.64. The molecule has 0 aromatic rings. The molecule has 1 nitrogen and oxygen atoms in total. The molecule has 10 heavy (non-hydrogen) atoms. The van der Waals surface area contributed by atoms with E-state index in [9.17, 15) is 0 Å². The predicted octanol–water partition coefficient (Wildman–Crippen LogP) is 2.89. The molecule has 0 heterocycles. The molecule has 0 aliphatic heterocycles. The quantitative estimate of drug-likeness (QED) is 0.537. The second kappa shape index (κ2) is 4.11. The molecule has 0 N–H and O–H groups in total. The zero-order valence-electron chi connectivity index (χ0n) is 7.23. The van der Waals surface area contributed by atoms with Crippen LogP contribution in [0.3, 0.4) is 0 Å². The van der Waals surface area contributed by atoms with Gasteiger partial charge in [-0.1, -0.05) is 19.4 Å². The maximum Gasteiger partial charge on any atom is 0.0946 e. The van der Waals surface area contributed by atoms with E-state index in [0.29, 0.717) is 5.92 Å². The highest BCUT2D eigenvalue weighted by Gasteiger charge is 2.00. The summed E-state index contributed by atoms with van der Waals surface area (Å²) in [5, 5.41) is 8.64. The molecule has 0 saturated heterocycles. The Hall–Kier alpha value is -0.770. The molecule has 0 aliphatic carbocycles. The van der Waals surface area contributed by atoms with Gasteiger partial charge in [0, 0.05) is 5.57 Å². The number of nitriles is 1. The average molecular weight is 137 g/mol. The van der Waals surface area contributed by atoms with Crippen LogP contribution in [0.4, 0.5) is 0 Å². The van der Waals surface area contributed by atoms with Gasteiger partial charge < -0.3 is 0 Å². The second-order valence-corrected chi connectivity index (χ2v) is 3.19. The standard InChI is InChI=1S/C9H15N/c1-7(2)5-9(6-10)8(3)4/h7H,5H2,1-4H3. The van der Waals surface area contributed by atoms with E-state index >= 15 is 0 Å². The second-order valence-electron chi connectivity index (χ2n) is 3.19. The highest BCUT2D eigenvalue weighted by Crippen LogP contribution is 2.13. The highest BCUT2D eigenvalue weighted by molar-refractivity contribution is 5.25. The molecule has 0 amide bonds. The minimum Gasteiger partial charge on any atom is -0.193 e. The first-order chi connectivity index (χ1) is 4.57. The van der Waals surface area contributed by atoms with E-state index in [2.05, 4.69) is 19.9 Å². The molecule has 1 heteroatoms. The van der Waals surface area contributed by atoms with Gasteiger partial charge in [-0.25, -0.2) is 0 Å². The average Bonchev–Trinajstić information content (AvgIpc) is 1.81. The van der Waals surface area contributed by atoms with Crippen molar-refractivity contribution in [2.45, 2.75) is 34.1 Å². The van der Waals surface area contributed by atoms with Crippen LogP contribution < -0.4 is 0 Å². The van der Waals surface area contributed by atoms with Crippen molar-refractivity contribution in [1.29, 1.82) is 5.26 Å². The first-order valence-electron chi connectivity index (χ1n) is 3.64. The highest BCUT2D eigenvalue weighted by atomic mass is 14.2. The third kappa shape index (κ3) is 3.29. The van der Waals surface area contributed by atoms with Crippen LogP contribution in [-0.4, -0.2) is 0 Å². The summed E-state index contributed by atoms with van der Waals surface area (Å²) in [4.78, 5) is 0. The van der Waals surface area contributed by atoms with Crippen molar-refractivity contribution in [3.05, 3.63) is 11.1 Å². The van der Waals surface area contributed by atoms with Crippen molar-refractivity contribution in [3.8, 4) is 6.07 Å². The molecular weight excluding hydrogens is 122 g/mol. The molecule has 0 radical (unpaired) electrons. The number of hydrogen-bond donors (Lipinski definition) is 0. The fraction of sp³-hybridized carbons (Fsp3) is 0.667. The van der Waals surface area contributed by atoms with Crippen molar-refractivity contribution >= 4 is 0 Å². The Morgan fingerprint density at radius 3 is 2.00 bits per heavy atom. The molecule has 0 aromatic carbocycles. The molecular formula is C9H15N. The Kier molecular flexibility index (Phi) is 3.79. The summed E-state index contributed by atoms with van der Waals surface area (Å²) in [5.41, 5.74) is 2.09. The molecule has 0 spiro atoms. The van der Waals surface area contributed by atoms with Crippen molar-refractivity contribution in [2.24, 2.45) is 5.92 Å². The molecule has 0 bridgehead atoms. The lowest BCUT2D eigenvalue weighted by molar-refractivity contribution is 0.648. The zero-order valence-corrected chi connectivity index (χ0v) is 7.23. The fourth-order valence-electron chi connectivity index (χ4n) is 0.770. The monoisotopic (exact) mass is 137 g/mol. The van der Waals surface area contributed by atoms with Crippen molar-refractivity contribution in [2.75, 3.05) is 0 Å². The van der Waals surface area contributed by atoms with Gasteiger partial charge >= 0.3 is 0 Å². The van der Waals surface area contributed by atoms with Gasteiger partial charge in [-0.15, -0.1) is 0 Å². The summed E-state index contributed by atoms with van der Waals surface area (Å²) < 4.78 is 0. The van der Waals surface area contributed by atoms with E-state index in [1.54, 1.807) is 0 Å². The van der Waals surface area contributed by atoms with Gasteiger partial charge in [0.15, 0.2) is 0 Å². The van der Waals surface area contributed by atoms with Gasteiger partial charge in [0.25, 0.3) is 0 Å². The first kappa shape index (κ1) is 9.23. The largest absolute Gasteiger partial charge is 0.193 e. The minimum atomic E-state index is 0.588. The molecule has 56 valence electrons. The summed E-state index contributed by atoms with van der Waals surface area (Å²) in [5.74, 6) is 0.588. The third-order valence-corrected chi connectivity index (χ3v) is 1.35. The topological polar surface area (TPSA) is 23.8 Å². The van der Waals surface area contributed by atoms with Crippen LogP contribution in [0.1, 0.15) is 34.1 Å². The lowest BCUT2D eigenvalue weighted by atomic mass is 10.0. The molecule has 0 aromatic heterocycles. The van der Waals surface area contributed by atoms with Crippen LogP contribution >= 0.6 is 0 Å². The lowest BCUT2D eigenvalue weighted by Gasteiger charge is -2.03. The minimum absolute atomic E-state index is 0.588. The van der Waals surface area contributed by atoms with Crippen molar-refractivity contribution in [3.63, 3.8) is 0 Å². The summed E-state index contributed by atoms with van der Waals surface area (Å²) in [6.07, 6.45) is 0.916. The van der Waals surface area contributed by atoms with Crippen molar-refractivity contribution < 1.29 is 0 Å². The van der Waals surface area contributed by atoms with Crippen LogP contribution in [0.2, 0.25) is 0 Å². The Balaban J connectivity index is 4.15. The summed E-state index contributed by atoms with van der Waals surface area (Å²) in [7, 11) is 0. The molecule has 0 fully saturated rings. The summed E-state index contributed by atoms with van der Waals surface area (Å²) in [6, 6.07) is 2.21. The summed E-state index contributed by atoms with van der Waals surface area (Å²) >= 11 is 0. The zero-order chi connectivity index (χ0) is 8.15. The first-order valence-corrected chi connectivity index (χ1v) is 3.64. The number of nitrogens with zero attached hydrogens (tertiary/aromatic N) is 1. The third-order valence-electron chi connectivity index (χ3n) is 1.35. The number of allylic oxidation sites excluding steroid dienone is 2. The lowest BCUT2D eigenvalue weighted by Crippen LogP contribution is -1.91. The number of rotatable bonds is 2. The summed E-state index contributed by atoms with van der Waals surface area (Å²) in [6.45, 7) is 8.22. The molecule has 0 unspecified atom stereocenters. The fourth-order valence-corrected chi connectivity index (χ4v) is 0.770. The molecule has 0 rings (SSSR count). The van der Waals surface area contributed by atoms with Gasteiger partial charge in [0.1, 0.15) is 0 Å². The van der Waals surface area contributed by atoms with Gasteiger partial charge in [0.2, 0.25) is 0 Å². The Morgan fingerprint density at radius 1 is 1.40 bits per heavy atom. The van der Waals surface area contributed by atoms with Crippen LogP contribution in [-0.2, 0) is 0 Å². The Morgan fingerprint density at radius 2 is 1.90 bits per heavy atom. The van der Waals surface area contributed by atoms with E-state index in [4.69, 9.17) is 5.26 Å². The van der Waals surface area contributed by atoms with Crippen LogP contribution in [0.5, 0.6) is 0 Å². The SMILES string of the molecule is CC(C)=C(C#N)CC(C)C. The molecule has 0 aliphatic rings. The maximum absolute atomic E-state index is 8.64. The van der Waals surface area contributed by atoms with Gasteiger partial charge in [-0.3, -0.25) is 0 Å². The normalized spacial score (nSPS) is 9.20. The molecule has 0 saturated carbocycles. The smallest absolute Gasteiger partial charge is 0.0946 e. The Labute approximate surface area is 63.4 Å². The Bertz CT molecular complexity index is 166. The van der Waals surface area contributed by atoms with Crippen LogP contribution in [0, 0.1) is 17.2 Å². The van der Waals surface area contributed by atoms with E-state index in [-0.39, 0.29) is 0 Å². The van der Waals surface area contributed by atoms with Crippen LogP contribution in [0.15, 0.2) is 11.1 Å². The van der Waals surface area contributed by atoms with E-state index in [1.807, 2.05) is 13.8 Å². The predicted molar refractivity (Wildman–Crippen MR) is 43.4 cm³/mol. The number of hydrogen-bond acceptors (Lipinski definition) is 1. The van der Waals surface area contributed by atoms with Gasteiger partial charge in [0.05, 0.1) is 6.07 Å². The van der Waals surface area contributed by atoms with Crippen LogP contribution in [0.25, 0.3) is 0 Å². The van der Waals surface area contributed by atoms with Gasteiger partial charge in [-0.2, -0.15) is 5.26 Å². The van der Waals surface area contributed by atoms with Crippen molar-refractivity contribution in [1.82, 2.24) is 0 Å². The van der Waals surface area contributed by atoms with E-state index < -0.39 is 0 Å². The van der Waals surface area contributed by atoms with E-state index in [0.717, 1.165) is 17.6 Å². The van der Waals surface area contributed by atoms with E-state index in [1.165, 1.54) is 0 Å².